The Kier molecular flexibility index (Phi) is 7.15. The van der Waals surface area contributed by atoms with E-state index in [4.69, 9.17) is 5.73 Å². The maximum Gasteiger partial charge on any atom is 0.236 e. The van der Waals surface area contributed by atoms with Gasteiger partial charge in [0, 0.05) is 26.2 Å². The van der Waals surface area contributed by atoms with Crippen LogP contribution in [0.2, 0.25) is 0 Å². The van der Waals surface area contributed by atoms with Gasteiger partial charge in [-0.05, 0) is 24.7 Å². The summed E-state index contributed by atoms with van der Waals surface area (Å²) in [4.78, 5) is 27.8. The molecule has 1 aliphatic heterocycles. The highest BCUT2D eigenvalue weighted by atomic mass is 16.2. The van der Waals surface area contributed by atoms with Crippen LogP contribution in [0.5, 0.6) is 0 Å². The summed E-state index contributed by atoms with van der Waals surface area (Å²) in [5.74, 6) is 0.745. The molecule has 5 heteroatoms. The van der Waals surface area contributed by atoms with Gasteiger partial charge in [0.2, 0.25) is 11.8 Å². The molecule has 1 aliphatic rings. The van der Waals surface area contributed by atoms with Crippen LogP contribution in [0.1, 0.15) is 40.5 Å². The van der Waals surface area contributed by atoms with Crippen LogP contribution in [0.15, 0.2) is 0 Å². The van der Waals surface area contributed by atoms with Gasteiger partial charge < -0.3 is 10.6 Å². The molecule has 0 aromatic rings. The van der Waals surface area contributed by atoms with E-state index in [9.17, 15) is 9.59 Å². The van der Waals surface area contributed by atoms with E-state index >= 15 is 0 Å². The quantitative estimate of drug-likeness (QED) is 0.771. The number of rotatable bonds is 7. The molecule has 0 aliphatic carbocycles. The standard InChI is InChI=1S/C16H31N3O2/c1-12(2)8-18(9-13(3)4)11-15(20)19-7-5-6-14(10-19)16(17)21/h12-14H,5-11H2,1-4H3,(H2,17,21). The van der Waals surface area contributed by atoms with Crippen molar-refractivity contribution in [1.29, 1.82) is 0 Å². The summed E-state index contributed by atoms with van der Waals surface area (Å²) in [5.41, 5.74) is 5.38. The summed E-state index contributed by atoms with van der Waals surface area (Å²) >= 11 is 0. The second kappa shape index (κ2) is 8.37. The summed E-state index contributed by atoms with van der Waals surface area (Å²) in [6.45, 7) is 12.2. The minimum atomic E-state index is -0.284. The third-order valence-corrected chi connectivity index (χ3v) is 3.78. The number of amides is 2. The molecule has 21 heavy (non-hydrogen) atoms. The van der Waals surface area contributed by atoms with E-state index in [1.807, 2.05) is 4.90 Å². The molecule has 1 fully saturated rings. The summed E-state index contributed by atoms with van der Waals surface area (Å²) < 4.78 is 0. The van der Waals surface area contributed by atoms with E-state index in [2.05, 4.69) is 32.6 Å². The van der Waals surface area contributed by atoms with Gasteiger partial charge in [-0.25, -0.2) is 0 Å². The topological polar surface area (TPSA) is 66.6 Å². The SMILES string of the molecule is CC(C)CN(CC(=O)N1CCCC(C(N)=O)C1)CC(C)C. The lowest BCUT2D eigenvalue weighted by atomic mass is 9.97. The molecular formula is C16H31N3O2. The maximum atomic E-state index is 12.5. The lowest BCUT2D eigenvalue weighted by Gasteiger charge is -2.34. The molecule has 1 atom stereocenters. The van der Waals surface area contributed by atoms with Crippen LogP contribution in [0.25, 0.3) is 0 Å². The van der Waals surface area contributed by atoms with Crippen LogP contribution in [0.3, 0.4) is 0 Å². The molecule has 0 saturated carbocycles. The Hall–Kier alpha value is -1.10. The van der Waals surface area contributed by atoms with Crippen molar-refractivity contribution in [2.75, 3.05) is 32.7 Å². The molecule has 0 radical (unpaired) electrons. The van der Waals surface area contributed by atoms with Crippen molar-refractivity contribution in [3.8, 4) is 0 Å². The van der Waals surface area contributed by atoms with E-state index in [1.54, 1.807) is 0 Å². The molecule has 1 rings (SSSR count). The number of primary amides is 1. The largest absolute Gasteiger partial charge is 0.369 e. The van der Waals surface area contributed by atoms with Crippen LogP contribution in [0.4, 0.5) is 0 Å². The van der Waals surface area contributed by atoms with Crippen LogP contribution < -0.4 is 5.73 Å². The molecule has 1 unspecified atom stereocenters. The Bertz CT molecular complexity index is 345. The first-order valence-corrected chi connectivity index (χ1v) is 8.09. The number of hydrogen-bond donors (Lipinski definition) is 1. The van der Waals surface area contributed by atoms with E-state index in [0.29, 0.717) is 24.9 Å². The molecule has 1 saturated heterocycles. The van der Waals surface area contributed by atoms with Crippen molar-refractivity contribution >= 4 is 11.8 Å². The second-order valence-corrected chi connectivity index (χ2v) is 7.06. The molecular weight excluding hydrogens is 266 g/mol. The van der Waals surface area contributed by atoms with Crippen LogP contribution in [0, 0.1) is 17.8 Å². The monoisotopic (exact) mass is 297 g/mol. The van der Waals surface area contributed by atoms with Crippen molar-refractivity contribution in [2.24, 2.45) is 23.5 Å². The molecule has 2 amide bonds. The van der Waals surface area contributed by atoms with Crippen molar-refractivity contribution in [3.63, 3.8) is 0 Å². The maximum absolute atomic E-state index is 12.5. The fourth-order valence-electron chi connectivity index (χ4n) is 2.96. The Morgan fingerprint density at radius 3 is 2.24 bits per heavy atom. The highest BCUT2D eigenvalue weighted by Gasteiger charge is 2.27. The molecule has 5 nitrogen and oxygen atoms in total. The first kappa shape index (κ1) is 18.0. The third kappa shape index (κ3) is 6.46. The minimum absolute atomic E-state index is 0.127. The molecule has 0 aromatic carbocycles. The van der Waals surface area contributed by atoms with Gasteiger partial charge in [-0.1, -0.05) is 27.7 Å². The first-order valence-electron chi connectivity index (χ1n) is 8.09. The summed E-state index contributed by atoms with van der Waals surface area (Å²) in [7, 11) is 0. The van der Waals surface area contributed by atoms with Gasteiger partial charge >= 0.3 is 0 Å². The highest BCUT2D eigenvalue weighted by Crippen LogP contribution is 2.16. The van der Waals surface area contributed by atoms with Crippen molar-refractivity contribution < 1.29 is 9.59 Å². The van der Waals surface area contributed by atoms with E-state index in [1.165, 1.54) is 0 Å². The molecule has 0 spiro atoms. The Morgan fingerprint density at radius 2 is 1.76 bits per heavy atom. The predicted octanol–water partition coefficient (Wildman–Crippen LogP) is 1.32. The van der Waals surface area contributed by atoms with Crippen LogP contribution in [-0.2, 0) is 9.59 Å². The van der Waals surface area contributed by atoms with Gasteiger partial charge in [-0.2, -0.15) is 0 Å². The van der Waals surface area contributed by atoms with Gasteiger partial charge in [0.15, 0.2) is 0 Å². The smallest absolute Gasteiger partial charge is 0.236 e. The normalized spacial score (nSPS) is 19.6. The number of nitrogens with two attached hydrogens (primary N) is 1. The second-order valence-electron chi connectivity index (χ2n) is 7.06. The van der Waals surface area contributed by atoms with Gasteiger partial charge in [0.05, 0.1) is 12.5 Å². The lowest BCUT2D eigenvalue weighted by molar-refractivity contribution is -0.136. The van der Waals surface area contributed by atoms with Gasteiger partial charge in [-0.15, -0.1) is 0 Å². The Labute approximate surface area is 128 Å². The van der Waals surface area contributed by atoms with Gasteiger partial charge in [-0.3, -0.25) is 14.5 Å². The van der Waals surface area contributed by atoms with Crippen molar-refractivity contribution in [2.45, 2.75) is 40.5 Å². The molecule has 2 N–H and O–H groups in total. The zero-order chi connectivity index (χ0) is 16.0. The molecule has 0 bridgehead atoms. The predicted molar refractivity (Wildman–Crippen MR) is 84.6 cm³/mol. The van der Waals surface area contributed by atoms with E-state index in [-0.39, 0.29) is 17.7 Å². The number of carbonyl (C=O) groups excluding carboxylic acids is 2. The number of nitrogens with zero attached hydrogens (tertiary/aromatic N) is 2. The van der Waals surface area contributed by atoms with E-state index < -0.39 is 0 Å². The van der Waals surface area contributed by atoms with E-state index in [0.717, 1.165) is 32.5 Å². The third-order valence-electron chi connectivity index (χ3n) is 3.78. The average Bonchev–Trinajstić information content (AvgIpc) is 2.37. The van der Waals surface area contributed by atoms with Crippen molar-refractivity contribution in [1.82, 2.24) is 9.80 Å². The summed E-state index contributed by atoms with van der Waals surface area (Å²) in [5, 5.41) is 0. The van der Waals surface area contributed by atoms with Crippen LogP contribution >= 0.6 is 0 Å². The highest BCUT2D eigenvalue weighted by molar-refractivity contribution is 5.81. The van der Waals surface area contributed by atoms with Gasteiger partial charge in [0.1, 0.15) is 0 Å². The summed E-state index contributed by atoms with van der Waals surface area (Å²) in [6.07, 6.45) is 1.68. The van der Waals surface area contributed by atoms with Crippen molar-refractivity contribution in [3.05, 3.63) is 0 Å². The van der Waals surface area contributed by atoms with Gasteiger partial charge in [0.25, 0.3) is 0 Å². The Balaban J connectivity index is 2.57. The zero-order valence-corrected chi connectivity index (χ0v) is 14.0. The molecule has 0 aromatic heterocycles. The Morgan fingerprint density at radius 1 is 1.19 bits per heavy atom. The minimum Gasteiger partial charge on any atom is -0.369 e. The van der Waals surface area contributed by atoms with Crippen LogP contribution in [-0.4, -0.2) is 54.3 Å². The number of hydrogen-bond acceptors (Lipinski definition) is 3. The lowest BCUT2D eigenvalue weighted by Crippen LogP contribution is -2.48. The molecule has 122 valence electrons. The first-order chi connectivity index (χ1) is 9.79. The fourth-order valence-corrected chi connectivity index (χ4v) is 2.96. The number of piperidine rings is 1. The fraction of sp³-hybridized carbons (Fsp3) is 0.875. The number of carbonyl (C=O) groups is 2. The zero-order valence-electron chi connectivity index (χ0n) is 14.0. The number of likely N-dealkylation sites (tertiary alicyclic amines) is 1. The summed E-state index contributed by atoms with van der Waals surface area (Å²) in [6, 6.07) is 0. The average molecular weight is 297 g/mol. The molecule has 1 heterocycles.